The summed E-state index contributed by atoms with van der Waals surface area (Å²) in [5.74, 6) is -0.513. The summed E-state index contributed by atoms with van der Waals surface area (Å²) in [6, 6.07) is 22.8. The van der Waals surface area contributed by atoms with Crippen LogP contribution in [0.5, 0.6) is 0 Å². The molecule has 0 unspecified atom stereocenters. The molecule has 1 N–H and O–H groups in total. The van der Waals surface area contributed by atoms with Gasteiger partial charge in [0.25, 0.3) is 11.5 Å². The van der Waals surface area contributed by atoms with Gasteiger partial charge in [0.15, 0.2) is 5.13 Å². The van der Waals surface area contributed by atoms with Crippen molar-refractivity contribution in [2.75, 3.05) is 5.32 Å². The van der Waals surface area contributed by atoms with Gasteiger partial charge in [0.2, 0.25) is 0 Å². The lowest BCUT2D eigenvalue weighted by molar-refractivity contribution is 0.102. The van der Waals surface area contributed by atoms with E-state index in [1.165, 1.54) is 16.0 Å². The van der Waals surface area contributed by atoms with Gasteiger partial charge in [-0.25, -0.2) is 9.67 Å². The van der Waals surface area contributed by atoms with Gasteiger partial charge in [-0.15, -0.1) is 22.7 Å². The predicted octanol–water partition coefficient (Wildman–Crippen LogP) is 5.55. The number of thiazole rings is 1. The van der Waals surface area contributed by atoms with Gasteiger partial charge in [0.1, 0.15) is 5.56 Å². The van der Waals surface area contributed by atoms with Crippen LogP contribution in [-0.4, -0.2) is 20.7 Å². The number of aromatic nitrogens is 3. The van der Waals surface area contributed by atoms with Crippen LogP contribution in [0, 0.1) is 0 Å². The SMILES string of the molecule is Cn1nc(-c2ccccc2)c(-c2ccccc2)c(C(=O)Nc2nc(-c3cccs3)cs2)c1=O. The van der Waals surface area contributed by atoms with Crippen LogP contribution in [0.3, 0.4) is 0 Å². The molecule has 2 aromatic carbocycles. The number of carbonyl (C=O) groups excluding carboxylic acids is 1. The maximum absolute atomic E-state index is 13.5. The lowest BCUT2D eigenvalue weighted by atomic mass is 9.95. The van der Waals surface area contributed by atoms with Crippen LogP contribution in [0.2, 0.25) is 0 Å². The number of nitrogens with zero attached hydrogens (tertiary/aromatic N) is 3. The van der Waals surface area contributed by atoms with Crippen LogP contribution in [0.4, 0.5) is 5.13 Å². The minimum atomic E-state index is -0.513. The van der Waals surface area contributed by atoms with Gasteiger partial charge in [-0.3, -0.25) is 14.9 Å². The number of amides is 1. The van der Waals surface area contributed by atoms with Crippen LogP contribution >= 0.6 is 22.7 Å². The Morgan fingerprint density at radius 3 is 2.27 bits per heavy atom. The Morgan fingerprint density at radius 1 is 0.909 bits per heavy atom. The predicted molar refractivity (Wildman–Crippen MR) is 134 cm³/mol. The van der Waals surface area contributed by atoms with Gasteiger partial charge in [0.05, 0.1) is 16.3 Å². The lowest BCUT2D eigenvalue weighted by Gasteiger charge is -2.15. The van der Waals surface area contributed by atoms with Gasteiger partial charge in [-0.1, -0.05) is 66.7 Å². The maximum Gasteiger partial charge on any atom is 0.280 e. The number of hydrogen-bond donors (Lipinski definition) is 1. The molecule has 0 radical (unpaired) electrons. The number of thiophene rings is 1. The lowest BCUT2D eigenvalue weighted by Crippen LogP contribution is -2.31. The van der Waals surface area contributed by atoms with E-state index < -0.39 is 11.5 Å². The molecule has 0 aliphatic rings. The molecule has 8 heteroatoms. The molecule has 0 bridgehead atoms. The first-order valence-electron chi connectivity index (χ1n) is 10.1. The van der Waals surface area contributed by atoms with Crippen LogP contribution in [-0.2, 0) is 7.05 Å². The van der Waals surface area contributed by atoms with Crippen LogP contribution in [0.25, 0.3) is 33.0 Å². The van der Waals surface area contributed by atoms with Crippen molar-refractivity contribution < 1.29 is 4.79 Å². The van der Waals surface area contributed by atoms with E-state index in [9.17, 15) is 9.59 Å². The smallest absolute Gasteiger partial charge is 0.280 e. The summed E-state index contributed by atoms with van der Waals surface area (Å²) in [6.45, 7) is 0. The molecule has 0 atom stereocenters. The highest BCUT2D eigenvalue weighted by molar-refractivity contribution is 7.16. The summed E-state index contributed by atoms with van der Waals surface area (Å²) in [7, 11) is 1.55. The molecule has 33 heavy (non-hydrogen) atoms. The van der Waals surface area contributed by atoms with Crippen molar-refractivity contribution in [3.8, 4) is 33.0 Å². The van der Waals surface area contributed by atoms with Crippen LogP contribution < -0.4 is 10.9 Å². The van der Waals surface area contributed by atoms with Gasteiger partial charge >= 0.3 is 0 Å². The fraction of sp³-hybridized carbons (Fsp3) is 0.0400. The summed E-state index contributed by atoms with van der Waals surface area (Å²) in [5.41, 5.74) is 2.97. The Morgan fingerprint density at radius 2 is 1.61 bits per heavy atom. The number of hydrogen-bond acceptors (Lipinski definition) is 6. The molecule has 5 aromatic rings. The Labute approximate surface area is 197 Å². The number of nitrogens with one attached hydrogen (secondary N) is 1. The topological polar surface area (TPSA) is 76.9 Å². The molecule has 3 heterocycles. The number of aryl methyl sites for hydroxylation is 1. The van der Waals surface area contributed by atoms with E-state index in [1.54, 1.807) is 18.4 Å². The van der Waals surface area contributed by atoms with E-state index in [2.05, 4.69) is 15.4 Å². The number of carbonyl (C=O) groups is 1. The zero-order chi connectivity index (χ0) is 22.8. The molecule has 0 saturated carbocycles. The van der Waals surface area contributed by atoms with Crippen molar-refractivity contribution in [3.05, 3.63) is 99.5 Å². The second-order valence-electron chi connectivity index (χ2n) is 7.23. The van der Waals surface area contributed by atoms with E-state index in [0.29, 0.717) is 16.4 Å². The highest BCUT2D eigenvalue weighted by Gasteiger charge is 2.25. The van der Waals surface area contributed by atoms with Crippen LogP contribution in [0.15, 0.2) is 88.4 Å². The number of rotatable bonds is 5. The Bertz CT molecular complexity index is 1470. The molecule has 0 aliphatic heterocycles. The number of anilines is 1. The molecule has 5 rings (SSSR count). The molecule has 0 saturated heterocycles. The van der Waals surface area contributed by atoms with Crippen molar-refractivity contribution in [2.24, 2.45) is 7.05 Å². The zero-order valence-electron chi connectivity index (χ0n) is 17.6. The van der Waals surface area contributed by atoms with Crippen molar-refractivity contribution in [3.63, 3.8) is 0 Å². The van der Waals surface area contributed by atoms with E-state index in [1.807, 2.05) is 83.6 Å². The molecular weight excluding hydrogens is 452 g/mol. The third kappa shape index (κ3) is 4.13. The van der Waals surface area contributed by atoms with Crippen molar-refractivity contribution in [1.82, 2.24) is 14.8 Å². The monoisotopic (exact) mass is 470 g/mol. The first-order valence-corrected chi connectivity index (χ1v) is 11.9. The first-order chi connectivity index (χ1) is 16.1. The Hall–Kier alpha value is -3.88. The summed E-state index contributed by atoms with van der Waals surface area (Å²) >= 11 is 2.90. The third-order valence-electron chi connectivity index (χ3n) is 5.08. The fourth-order valence-electron chi connectivity index (χ4n) is 3.56. The molecule has 3 aromatic heterocycles. The summed E-state index contributed by atoms with van der Waals surface area (Å²) in [5, 5.41) is 11.6. The van der Waals surface area contributed by atoms with Gasteiger partial charge < -0.3 is 0 Å². The zero-order valence-corrected chi connectivity index (χ0v) is 19.2. The molecule has 0 aliphatic carbocycles. The van der Waals surface area contributed by atoms with E-state index in [0.717, 1.165) is 21.7 Å². The molecule has 162 valence electrons. The minimum absolute atomic E-state index is 0.0328. The highest BCUT2D eigenvalue weighted by Crippen LogP contribution is 2.33. The van der Waals surface area contributed by atoms with Gasteiger partial charge in [-0.05, 0) is 17.0 Å². The van der Waals surface area contributed by atoms with E-state index in [4.69, 9.17) is 0 Å². The quantitative estimate of drug-likeness (QED) is 0.365. The summed E-state index contributed by atoms with van der Waals surface area (Å²) in [6.07, 6.45) is 0. The highest BCUT2D eigenvalue weighted by atomic mass is 32.1. The second kappa shape index (κ2) is 8.93. The average Bonchev–Trinajstić information content (AvgIpc) is 3.54. The first kappa shape index (κ1) is 21.0. The summed E-state index contributed by atoms with van der Waals surface area (Å²) in [4.78, 5) is 32.2. The second-order valence-corrected chi connectivity index (χ2v) is 9.03. The molecule has 0 fully saturated rings. The van der Waals surface area contributed by atoms with Crippen molar-refractivity contribution >= 4 is 33.7 Å². The largest absolute Gasteiger partial charge is 0.298 e. The Kier molecular flexibility index (Phi) is 5.68. The molecule has 1 amide bonds. The number of benzene rings is 2. The molecular formula is C25H18N4O2S2. The fourth-order valence-corrected chi connectivity index (χ4v) is 5.02. The van der Waals surface area contributed by atoms with Crippen molar-refractivity contribution in [2.45, 2.75) is 0 Å². The van der Waals surface area contributed by atoms with Crippen LogP contribution in [0.1, 0.15) is 10.4 Å². The average molecular weight is 471 g/mol. The molecule has 0 spiro atoms. The maximum atomic E-state index is 13.5. The third-order valence-corrected chi connectivity index (χ3v) is 6.73. The normalized spacial score (nSPS) is 10.8. The van der Waals surface area contributed by atoms with Gasteiger partial charge in [0, 0.05) is 23.6 Å². The van der Waals surface area contributed by atoms with E-state index in [-0.39, 0.29) is 5.56 Å². The van der Waals surface area contributed by atoms with Gasteiger partial charge in [-0.2, -0.15) is 5.10 Å². The summed E-state index contributed by atoms with van der Waals surface area (Å²) < 4.78 is 1.21. The minimum Gasteiger partial charge on any atom is -0.298 e. The van der Waals surface area contributed by atoms with E-state index >= 15 is 0 Å². The standard InChI is InChI=1S/C25H18N4O2S2/c1-29-24(31)21(23(30)27-25-26-18(15-33-25)19-13-8-14-32-19)20(16-9-4-2-5-10-16)22(28-29)17-11-6-3-7-12-17/h2-15H,1H3,(H,26,27,30). The molecule has 6 nitrogen and oxygen atoms in total. The van der Waals surface area contributed by atoms with Crippen molar-refractivity contribution in [1.29, 1.82) is 0 Å². The Balaban J connectivity index is 1.64.